The van der Waals surface area contributed by atoms with Crippen LogP contribution in [-0.4, -0.2) is 25.7 Å². The number of benzene rings is 1. The van der Waals surface area contributed by atoms with Crippen LogP contribution in [0.15, 0.2) is 18.2 Å². The van der Waals surface area contributed by atoms with Gasteiger partial charge in [-0.05, 0) is 32.0 Å². The molecule has 0 bridgehead atoms. The second-order valence-electron chi connectivity index (χ2n) is 4.64. The highest BCUT2D eigenvalue weighted by atomic mass is 35.5. The van der Waals surface area contributed by atoms with E-state index in [1.807, 2.05) is 0 Å². The normalized spacial score (nSPS) is 10.5. The van der Waals surface area contributed by atoms with E-state index < -0.39 is 10.8 Å². The van der Waals surface area contributed by atoms with Gasteiger partial charge in [-0.3, -0.25) is 19.6 Å². The lowest BCUT2D eigenvalue weighted by molar-refractivity contribution is -0.386. The summed E-state index contributed by atoms with van der Waals surface area (Å²) in [4.78, 5) is 22.4. The van der Waals surface area contributed by atoms with Crippen molar-refractivity contribution < 1.29 is 14.8 Å². The van der Waals surface area contributed by atoms with Crippen LogP contribution in [0.3, 0.4) is 0 Å². The SMILES string of the molecule is Cc1nn(CC(=O)Nc2cc(Cl)ccc2O)c(C)c1[N+](=O)[O-]. The van der Waals surface area contributed by atoms with Gasteiger partial charge in [0.15, 0.2) is 0 Å². The number of aromatic hydroxyl groups is 1. The summed E-state index contributed by atoms with van der Waals surface area (Å²) in [5.41, 5.74) is 0.570. The third-order valence-corrected chi connectivity index (χ3v) is 3.29. The summed E-state index contributed by atoms with van der Waals surface area (Å²) in [5.74, 6) is -0.616. The number of carbonyl (C=O) groups excluding carboxylic acids is 1. The number of nitrogens with one attached hydrogen (secondary N) is 1. The van der Waals surface area contributed by atoms with Crippen molar-refractivity contribution in [3.8, 4) is 5.75 Å². The molecule has 1 amide bonds. The van der Waals surface area contributed by atoms with E-state index in [4.69, 9.17) is 11.6 Å². The fourth-order valence-corrected chi connectivity index (χ4v) is 2.21. The molecule has 0 unspecified atom stereocenters. The fourth-order valence-electron chi connectivity index (χ4n) is 2.04. The number of phenols is 1. The van der Waals surface area contributed by atoms with Crippen molar-refractivity contribution in [2.45, 2.75) is 20.4 Å². The van der Waals surface area contributed by atoms with Crippen molar-refractivity contribution in [1.82, 2.24) is 9.78 Å². The molecule has 0 saturated heterocycles. The smallest absolute Gasteiger partial charge is 0.312 e. The van der Waals surface area contributed by atoms with Gasteiger partial charge in [0.2, 0.25) is 5.91 Å². The number of rotatable bonds is 4. The van der Waals surface area contributed by atoms with Gasteiger partial charge in [0.05, 0.1) is 10.6 Å². The maximum atomic E-state index is 12.0. The van der Waals surface area contributed by atoms with Crippen LogP contribution in [0.5, 0.6) is 5.75 Å². The Morgan fingerprint density at radius 1 is 1.50 bits per heavy atom. The van der Waals surface area contributed by atoms with Crippen LogP contribution in [0.25, 0.3) is 0 Å². The topological polar surface area (TPSA) is 110 Å². The molecule has 0 atom stereocenters. The van der Waals surface area contributed by atoms with Crippen molar-refractivity contribution in [3.63, 3.8) is 0 Å². The summed E-state index contributed by atoms with van der Waals surface area (Å²) >= 11 is 5.79. The number of nitro groups is 1. The average Bonchev–Trinajstić information content (AvgIpc) is 2.68. The Labute approximate surface area is 130 Å². The van der Waals surface area contributed by atoms with Crippen LogP contribution >= 0.6 is 11.6 Å². The Kier molecular flexibility index (Phi) is 4.32. The molecule has 9 heteroatoms. The van der Waals surface area contributed by atoms with E-state index in [2.05, 4.69) is 10.4 Å². The Bertz CT molecular complexity index is 757. The first kappa shape index (κ1) is 15.8. The Hall–Kier alpha value is -2.61. The van der Waals surface area contributed by atoms with Gasteiger partial charge in [-0.25, -0.2) is 0 Å². The summed E-state index contributed by atoms with van der Waals surface area (Å²) in [6, 6.07) is 4.24. The number of halogens is 1. The molecule has 0 fully saturated rings. The van der Waals surface area contributed by atoms with Crippen LogP contribution in [0, 0.1) is 24.0 Å². The molecule has 0 radical (unpaired) electrons. The van der Waals surface area contributed by atoms with Crippen molar-refractivity contribution in [2.24, 2.45) is 0 Å². The number of nitrogens with zero attached hydrogens (tertiary/aromatic N) is 3. The third kappa shape index (κ3) is 3.17. The molecule has 0 spiro atoms. The van der Waals surface area contributed by atoms with Crippen LogP contribution in [-0.2, 0) is 11.3 Å². The molecule has 0 aliphatic rings. The summed E-state index contributed by atoms with van der Waals surface area (Å²) in [5, 5.41) is 27.4. The van der Waals surface area contributed by atoms with Gasteiger partial charge in [-0.2, -0.15) is 5.10 Å². The van der Waals surface area contributed by atoms with Crippen LogP contribution < -0.4 is 5.32 Å². The third-order valence-electron chi connectivity index (χ3n) is 3.05. The zero-order chi connectivity index (χ0) is 16.4. The van der Waals surface area contributed by atoms with Gasteiger partial charge in [-0.15, -0.1) is 0 Å². The van der Waals surface area contributed by atoms with Crippen LogP contribution in [0.1, 0.15) is 11.4 Å². The molecule has 1 aromatic heterocycles. The van der Waals surface area contributed by atoms with Crippen molar-refractivity contribution in [1.29, 1.82) is 0 Å². The van der Waals surface area contributed by atoms with Crippen molar-refractivity contribution in [2.75, 3.05) is 5.32 Å². The quantitative estimate of drug-likeness (QED) is 0.509. The van der Waals surface area contributed by atoms with E-state index in [1.165, 1.54) is 36.7 Å². The molecule has 2 N–H and O–H groups in total. The molecule has 1 heterocycles. The van der Waals surface area contributed by atoms with E-state index in [0.717, 1.165) is 0 Å². The maximum absolute atomic E-state index is 12.0. The minimum absolute atomic E-state index is 0.113. The van der Waals surface area contributed by atoms with Crippen LogP contribution in [0.4, 0.5) is 11.4 Å². The van der Waals surface area contributed by atoms with Crippen molar-refractivity contribution >= 4 is 28.9 Å². The second kappa shape index (κ2) is 6.02. The van der Waals surface area contributed by atoms with Crippen LogP contribution in [0.2, 0.25) is 5.02 Å². The highest BCUT2D eigenvalue weighted by molar-refractivity contribution is 6.31. The number of phenolic OH excluding ortho intramolecular Hbond substituents is 1. The molecule has 22 heavy (non-hydrogen) atoms. The highest BCUT2D eigenvalue weighted by Crippen LogP contribution is 2.27. The number of aryl methyl sites for hydroxylation is 1. The van der Waals surface area contributed by atoms with Gasteiger partial charge >= 0.3 is 5.69 Å². The first-order chi connectivity index (χ1) is 10.3. The van der Waals surface area contributed by atoms with Gasteiger partial charge < -0.3 is 10.4 Å². The summed E-state index contributed by atoms with van der Waals surface area (Å²) < 4.78 is 1.24. The number of hydrogen-bond acceptors (Lipinski definition) is 5. The molecule has 116 valence electrons. The van der Waals surface area contributed by atoms with E-state index in [-0.39, 0.29) is 35.1 Å². The predicted molar refractivity (Wildman–Crippen MR) is 80.1 cm³/mol. The number of anilines is 1. The average molecular weight is 325 g/mol. The maximum Gasteiger partial charge on any atom is 0.312 e. The lowest BCUT2D eigenvalue weighted by Crippen LogP contribution is -2.20. The molecule has 0 aliphatic heterocycles. The predicted octanol–water partition coefficient (Wildman–Crippen LogP) is 2.41. The molecule has 2 rings (SSSR count). The first-order valence-corrected chi connectivity index (χ1v) is 6.64. The lowest BCUT2D eigenvalue weighted by Gasteiger charge is -2.08. The Morgan fingerprint density at radius 2 is 2.18 bits per heavy atom. The molecule has 0 saturated carbocycles. The van der Waals surface area contributed by atoms with Gasteiger partial charge in [0, 0.05) is 5.02 Å². The van der Waals surface area contributed by atoms with E-state index in [1.54, 1.807) is 0 Å². The summed E-state index contributed by atoms with van der Waals surface area (Å²) in [6.07, 6.45) is 0. The molecular formula is C13H13ClN4O4. The van der Waals surface area contributed by atoms with E-state index in [0.29, 0.717) is 5.02 Å². The molecular weight excluding hydrogens is 312 g/mol. The minimum Gasteiger partial charge on any atom is -0.506 e. The van der Waals surface area contributed by atoms with E-state index >= 15 is 0 Å². The number of carbonyl (C=O) groups is 1. The number of hydrogen-bond donors (Lipinski definition) is 2. The largest absolute Gasteiger partial charge is 0.506 e. The zero-order valence-corrected chi connectivity index (χ0v) is 12.6. The van der Waals surface area contributed by atoms with Gasteiger partial charge in [0.25, 0.3) is 0 Å². The monoisotopic (exact) mass is 324 g/mol. The molecule has 1 aromatic carbocycles. The number of aromatic nitrogens is 2. The summed E-state index contributed by atoms with van der Waals surface area (Å²) in [7, 11) is 0. The van der Waals surface area contributed by atoms with E-state index in [9.17, 15) is 20.0 Å². The van der Waals surface area contributed by atoms with Gasteiger partial charge in [-0.1, -0.05) is 11.6 Å². The standard InChI is InChI=1S/C13H13ClN4O4/c1-7-13(18(21)22)8(2)17(16-7)6-12(20)15-10-5-9(14)3-4-11(10)19/h3-5,19H,6H2,1-2H3,(H,15,20). The Morgan fingerprint density at radius 3 is 2.77 bits per heavy atom. The second-order valence-corrected chi connectivity index (χ2v) is 5.08. The van der Waals surface area contributed by atoms with Crippen molar-refractivity contribution in [3.05, 3.63) is 44.7 Å². The highest BCUT2D eigenvalue weighted by Gasteiger charge is 2.22. The van der Waals surface area contributed by atoms with Gasteiger partial charge in [0.1, 0.15) is 23.7 Å². The minimum atomic E-state index is -0.533. The first-order valence-electron chi connectivity index (χ1n) is 6.26. The number of amides is 1. The fraction of sp³-hybridized carbons (Fsp3) is 0.231. The summed E-state index contributed by atoms with van der Waals surface area (Å²) in [6.45, 7) is 2.80. The molecule has 2 aromatic rings. The Balaban J connectivity index is 2.18. The zero-order valence-electron chi connectivity index (χ0n) is 11.8. The molecule has 8 nitrogen and oxygen atoms in total. The lowest BCUT2D eigenvalue weighted by atomic mass is 10.3. The molecule has 0 aliphatic carbocycles.